The van der Waals surface area contributed by atoms with Gasteiger partial charge in [0.1, 0.15) is 5.75 Å². The van der Waals surface area contributed by atoms with Crippen LogP contribution in [0.15, 0.2) is 39.7 Å². The Bertz CT molecular complexity index is 1100. The third-order valence-corrected chi connectivity index (χ3v) is 8.17. The molecule has 1 atom stereocenters. The van der Waals surface area contributed by atoms with Crippen molar-refractivity contribution < 1.29 is 17.9 Å². The summed E-state index contributed by atoms with van der Waals surface area (Å²) in [5.41, 5.74) is 3.63. The van der Waals surface area contributed by atoms with Crippen LogP contribution in [-0.2, 0) is 21.2 Å². The van der Waals surface area contributed by atoms with Crippen molar-refractivity contribution in [2.45, 2.75) is 51.9 Å². The first-order chi connectivity index (χ1) is 15.2. The van der Waals surface area contributed by atoms with Gasteiger partial charge in [0, 0.05) is 23.2 Å². The van der Waals surface area contributed by atoms with Crippen molar-refractivity contribution in [1.29, 1.82) is 0 Å². The zero-order valence-electron chi connectivity index (χ0n) is 19.1. The summed E-state index contributed by atoms with van der Waals surface area (Å²) >= 11 is 3.51. The smallest absolute Gasteiger partial charge is 0.243 e. The summed E-state index contributed by atoms with van der Waals surface area (Å²) in [5, 5.41) is 3.07. The number of ether oxygens (including phenoxy) is 1. The molecule has 174 valence electrons. The van der Waals surface area contributed by atoms with Gasteiger partial charge in [0.15, 0.2) is 0 Å². The Kier molecular flexibility index (Phi) is 8.01. The summed E-state index contributed by atoms with van der Waals surface area (Å²) in [5.74, 6) is 0.155. The summed E-state index contributed by atoms with van der Waals surface area (Å²) < 4.78 is 34.5. The SMILES string of the molecule is CCOc1ccc(S(=O)(=O)N2CCCC(C(=O)Nc3c(C)cc(Br)cc3CC)C2)cc1C. The molecule has 0 radical (unpaired) electrons. The molecule has 1 unspecified atom stereocenters. The minimum absolute atomic E-state index is 0.132. The second kappa shape index (κ2) is 10.4. The Hall–Kier alpha value is -1.90. The molecule has 1 amide bonds. The van der Waals surface area contributed by atoms with E-state index in [9.17, 15) is 13.2 Å². The van der Waals surface area contributed by atoms with Gasteiger partial charge in [-0.05, 0) is 87.1 Å². The summed E-state index contributed by atoms with van der Waals surface area (Å²) in [6, 6.07) is 8.90. The number of anilines is 1. The number of rotatable bonds is 7. The Morgan fingerprint density at radius 1 is 1.19 bits per heavy atom. The highest BCUT2D eigenvalue weighted by molar-refractivity contribution is 9.10. The zero-order valence-corrected chi connectivity index (χ0v) is 21.5. The Morgan fingerprint density at radius 2 is 1.94 bits per heavy atom. The Labute approximate surface area is 199 Å². The first-order valence-electron chi connectivity index (χ1n) is 11.0. The van der Waals surface area contributed by atoms with Gasteiger partial charge < -0.3 is 10.1 Å². The topological polar surface area (TPSA) is 75.7 Å². The van der Waals surface area contributed by atoms with Crippen LogP contribution in [0.5, 0.6) is 5.75 Å². The molecule has 1 aliphatic rings. The van der Waals surface area contributed by atoms with Gasteiger partial charge in [-0.25, -0.2) is 8.42 Å². The van der Waals surface area contributed by atoms with Crippen LogP contribution in [0.3, 0.4) is 0 Å². The monoisotopic (exact) mass is 522 g/mol. The van der Waals surface area contributed by atoms with E-state index in [4.69, 9.17) is 4.74 Å². The van der Waals surface area contributed by atoms with E-state index in [1.54, 1.807) is 18.2 Å². The van der Waals surface area contributed by atoms with Crippen molar-refractivity contribution in [2.75, 3.05) is 25.0 Å². The lowest BCUT2D eigenvalue weighted by atomic mass is 9.98. The molecule has 0 bridgehead atoms. The second-order valence-electron chi connectivity index (χ2n) is 8.16. The number of hydrogen-bond donors (Lipinski definition) is 1. The molecular formula is C24H31BrN2O4S. The molecule has 1 heterocycles. The minimum atomic E-state index is -3.69. The molecule has 32 heavy (non-hydrogen) atoms. The molecular weight excluding hydrogens is 492 g/mol. The van der Waals surface area contributed by atoms with Crippen LogP contribution in [0, 0.1) is 19.8 Å². The summed E-state index contributed by atoms with van der Waals surface area (Å²) in [4.78, 5) is 13.3. The van der Waals surface area contributed by atoms with Crippen LogP contribution in [0.1, 0.15) is 43.4 Å². The minimum Gasteiger partial charge on any atom is -0.494 e. The first-order valence-corrected chi connectivity index (χ1v) is 13.2. The van der Waals surface area contributed by atoms with E-state index in [1.807, 2.05) is 39.8 Å². The first kappa shape index (κ1) is 24.7. The van der Waals surface area contributed by atoms with Crippen LogP contribution in [0.4, 0.5) is 5.69 Å². The lowest BCUT2D eigenvalue weighted by Gasteiger charge is -2.31. The third kappa shape index (κ3) is 5.35. The number of carbonyl (C=O) groups excluding carboxylic acids is 1. The van der Waals surface area contributed by atoms with Crippen molar-refractivity contribution >= 4 is 37.5 Å². The van der Waals surface area contributed by atoms with E-state index < -0.39 is 15.9 Å². The van der Waals surface area contributed by atoms with Crippen LogP contribution in [-0.4, -0.2) is 38.3 Å². The fourth-order valence-corrected chi connectivity index (χ4v) is 6.35. The van der Waals surface area contributed by atoms with Gasteiger partial charge in [-0.2, -0.15) is 4.31 Å². The maximum atomic E-state index is 13.3. The number of benzene rings is 2. The maximum Gasteiger partial charge on any atom is 0.243 e. The summed E-state index contributed by atoms with van der Waals surface area (Å²) in [7, 11) is -3.69. The van der Waals surface area contributed by atoms with E-state index in [0.29, 0.717) is 31.7 Å². The molecule has 6 nitrogen and oxygen atoms in total. The lowest BCUT2D eigenvalue weighted by molar-refractivity contribution is -0.120. The maximum absolute atomic E-state index is 13.3. The van der Waals surface area contributed by atoms with Gasteiger partial charge >= 0.3 is 0 Å². The molecule has 0 aromatic heterocycles. The molecule has 1 N–H and O–H groups in total. The second-order valence-corrected chi connectivity index (χ2v) is 11.0. The number of carbonyl (C=O) groups is 1. The summed E-state index contributed by atoms with van der Waals surface area (Å²) in [6.45, 7) is 8.85. The molecule has 1 aliphatic heterocycles. The Balaban J connectivity index is 1.78. The van der Waals surface area contributed by atoms with Crippen LogP contribution in [0.25, 0.3) is 0 Å². The number of halogens is 1. The molecule has 0 aliphatic carbocycles. The van der Waals surface area contributed by atoms with Crippen molar-refractivity contribution in [3.8, 4) is 5.75 Å². The fraction of sp³-hybridized carbons (Fsp3) is 0.458. The van der Waals surface area contributed by atoms with E-state index in [1.165, 1.54) is 4.31 Å². The number of nitrogens with one attached hydrogen (secondary N) is 1. The standard InChI is InChI=1S/C24H31BrN2O4S/c1-5-18-14-20(25)12-17(4)23(18)26-24(28)19-8-7-11-27(15-19)32(29,30)21-9-10-22(31-6-2)16(3)13-21/h9-10,12-14,19H,5-8,11,15H2,1-4H3,(H,26,28). The normalized spacial score (nSPS) is 17.2. The molecule has 0 spiro atoms. The molecule has 0 saturated carbocycles. The highest BCUT2D eigenvalue weighted by atomic mass is 79.9. The molecule has 1 fully saturated rings. The molecule has 8 heteroatoms. The van der Waals surface area contributed by atoms with Gasteiger partial charge in [-0.1, -0.05) is 22.9 Å². The van der Waals surface area contributed by atoms with E-state index in [0.717, 1.165) is 33.3 Å². The lowest BCUT2D eigenvalue weighted by Crippen LogP contribution is -2.43. The van der Waals surface area contributed by atoms with Gasteiger partial charge in [0.05, 0.1) is 17.4 Å². The number of hydrogen-bond acceptors (Lipinski definition) is 4. The van der Waals surface area contributed by atoms with Crippen LogP contribution < -0.4 is 10.1 Å². The van der Waals surface area contributed by atoms with Gasteiger partial charge in [-0.3, -0.25) is 4.79 Å². The van der Waals surface area contributed by atoms with Crippen molar-refractivity contribution in [3.63, 3.8) is 0 Å². The van der Waals surface area contributed by atoms with E-state index >= 15 is 0 Å². The number of aryl methyl sites for hydroxylation is 3. The third-order valence-electron chi connectivity index (χ3n) is 5.85. The number of piperidine rings is 1. The molecule has 1 saturated heterocycles. The molecule has 2 aromatic carbocycles. The largest absolute Gasteiger partial charge is 0.494 e. The molecule has 2 aromatic rings. The van der Waals surface area contributed by atoms with Crippen molar-refractivity contribution in [2.24, 2.45) is 5.92 Å². The van der Waals surface area contributed by atoms with Crippen molar-refractivity contribution in [3.05, 3.63) is 51.5 Å². The highest BCUT2D eigenvalue weighted by Crippen LogP contribution is 2.30. The quantitative estimate of drug-likeness (QED) is 0.550. The number of nitrogens with zero attached hydrogens (tertiary/aromatic N) is 1. The summed E-state index contributed by atoms with van der Waals surface area (Å²) in [6.07, 6.45) is 2.10. The average Bonchev–Trinajstić information content (AvgIpc) is 2.76. The fourth-order valence-electron chi connectivity index (χ4n) is 4.12. The number of sulfonamides is 1. The predicted molar refractivity (Wildman–Crippen MR) is 131 cm³/mol. The van der Waals surface area contributed by atoms with Crippen LogP contribution >= 0.6 is 15.9 Å². The highest BCUT2D eigenvalue weighted by Gasteiger charge is 2.34. The van der Waals surface area contributed by atoms with Gasteiger partial charge in [0.25, 0.3) is 0 Å². The molecule has 3 rings (SSSR count). The zero-order chi connectivity index (χ0) is 23.5. The van der Waals surface area contributed by atoms with Crippen molar-refractivity contribution in [1.82, 2.24) is 4.31 Å². The number of amides is 1. The average molecular weight is 523 g/mol. The van der Waals surface area contributed by atoms with Gasteiger partial charge in [0.2, 0.25) is 15.9 Å². The predicted octanol–water partition coefficient (Wildman–Crippen LogP) is 5.07. The van der Waals surface area contributed by atoms with E-state index in [-0.39, 0.29) is 17.3 Å². The van der Waals surface area contributed by atoms with Crippen LogP contribution in [0.2, 0.25) is 0 Å². The van der Waals surface area contributed by atoms with E-state index in [2.05, 4.69) is 21.2 Å². The van der Waals surface area contributed by atoms with Gasteiger partial charge in [-0.15, -0.1) is 0 Å². The Morgan fingerprint density at radius 3 is 2.59 bits per heavy atom.